The fourth-order valence-electron chi connectivity index (χ4n) is 2.02. The first-order valence-corrected chi connectivity index (χ1v) is 7.14. The number of aryl methyl sites for hydroxylation is 1. The lowest BCUT2D eigenvalue weighted by molar-refractivity contribution is 0.155. The minimum atomic E-state index is -0.437. The van der Waals surface area contributed by atoms with Crippen molar-refractivity contribution < 1.29 is 9.53 Å². The van der Waals surface area contributed by atoms with Crippen LogP contribution in [0.2, 0.25) is 0 Å². The topological polar surface area (TPSA) is 38.3 Å². The van der Waals surface area contributed by atoms with Gasteiger partial charge in [-0.1, -0.05) is 50.2 Å². The Morgan fingerprint density at radius 3 is 2.48 bits per heavy atom. The van der Waals surface area contributed by atoms with Gasteiger partial charge in [0.15, 0.2) is 0 Å². The third-order valence-corrected chi connectivity index (χ3v) is 3.28. The van der Waals surface area contributed by atoms with Crippen molar-refractivity contribution in [2.24, 2.45) is 0 Å². The minimum absolute atomic E-state index is 0.274. The van der Waals surface area contributed by atoms with Crippen molar-refractivity contribution in [3.05, 3.63) is 65.2 Å². The van der Waals surface area contributed by atoms with Gasteiger partial charge >= 0.3 is 6.09 Å². The monoisotopic (exact) mass is 283 g/mol. The van der Waals surface area contributed by atoms with Crippen LogP contribution in [0.15, 0.2) is 48.5 Å². The van der Waals surface area contributed by atoms with E-state index in [0.29, 0.717) is 5.92 Å². The molecular formula is C18H21NO2. The van der Waals surface area contributed by atoms with Crippen molar-refractivity contribution in [2.45, 2.75) is 33.3 Å². The maximum Gasteiger partial charge on any atom is 0.411 e. The molecule has 2 aromatic rings. The number of anilines is 1. The molecule has 2 rings (SSSR count). The lowest BCUT2D eigenvalue weighted by Gasteiger charge is -2.09. The zero-order valence-corrected chi connectivity index (χ0v) is 12.7. The Morgan fingerprint density at radius 2 is 1.86 bits per heavy atom. The Kier molecular flexibility index (Phi) is 4.99. The molecule has 0 heterocycles. The summed E-state index contributed by atoms with van der Waals surface area (Å²) in [4.78, 5) is 11.7. The van der Waals surface area contributed by atoms with Gasteiger partial charge in [0.05, 0.1) is 0 Å². The number of hydrogen-bond donors (Lipinski definition) is 1. The summed E-state index contributed by atoms with van der Waals surface area (Å²) < 4.78 is 5.22. The van der Waals surface area contributed by atoms with Crippen LogP contribution in [0.4, 0.5) is 10.5 Å². The predicted molar refractivity (Wildman–Crippen MR) is 85.5 cm³/mol. The lowest BCUT2D eigenvalue weighted by Crippen LogP contribution is -2.13. The van der Waals surface area contributed by atoms with Gasteiger partial charge in [-0.05, 0) is 41.7 Å². The molecule has 0 saturated carbocycles. The first kappa shape index (κ1) is 15.1. The maximum atomic E-state index is 11.7. The number of amides is 1. The summed E-state index contributed by atoms with van der Waals surface area (Å²) in [5.74, 6) is 0.504. The van der Waals surface area contributed by atoms with E-state index in [1.54, 1.807) is 0 Å². The zero-order valence-electron chi connectivity index (χ0n) is 12.7. The highest BCUT2D eigenvalue weighted by Gasteiger charge is 2.04. The van der Waals surface area contributed by atoms with Gasteiger partial charge in [0.25, 0.3) is 0 Å². The summed E-state index contributed by atoms with van der Waals surface area (Å²) in [6, 6.07) is 15.8. The van der Waals surface area contributed by atoms with E-state index in [0.717, 1.165) is 16.8 Å². The van der Waals surface area contributed by atoms with Crippen LogP contribution in [0.3, 0.4) is 0 Å². The Balaban J connectivity index is 1.86. The number of rotatable bonds is 4. The predicted octanol–water partition coefficient (Wildman–Crippen LogP) is 4.87. The van der Waals surface area contributed by atoms with Crippen molar-refractivity contribution in [1.82, 2.24) is 0 Å². The Labute approximate surface area is 126 Å². The maximum absolute atomic E-state index is 11.7. The number of ether oxygens (including phenoxy) is 1. The summed E-state index contributed by atoms with van der Waals surface area (Å²) in [6.07, 6.45) is -0.437. The fraction of sp³-hybridized carbons (Fsp3) is 0.278. The molecule has 0 aliphatic carbocycles. The van der Waals surface area contributed by atoms with E-state index >= 15 is 0 Å². The molecule has 0 fully saturated rings. The quantitative estimate of drug-likeness (QED) is 0.869. The zero-order chi connectivity index (χ0) is 15.2. The van der Waals surface area contributed by atoms with Crippen LogP contribution in [0, 0.1) is 6.92 Å². The second kappa shape index (κ2) is 6.93. The molecule has 0 bridgehead atoms. The van der Waals surface area contributed by atoms with Gasteiger partial charge in [-0.25, -0.2) is 4.79 Å². The summed E-state index contributed by atoms with van der Waals surface area (Å²) in [7, 11) is 0. The van der Waals surface area contributed by atoms with Crippen LogP contribution in [-0.4, -0.2) is 6.09 Å². The Bertz CT molecular complexity index is 603. The van der Waals surface area contributed by atoms with Crippen LogP contribution >= 0.6 is 0 Å². The standard InChI is InChI=1S/C18H21NO2/c1-13(2)16-9-7-15(8-10-16)12-21-18(20)19-17-6-4-5-14(3)11-17/h4-11,13H,12H2,1-3H3,(H,19,20). The molecule has 0 spiro atoms. The number of nitrogens with one attached hydrogen (secondary N) is 1. The van der Waals surface area contributed by atoms with Gasteiger partial charge < -0.3 is 4.74 Å². The normalized spacial score (nSPS) is 10.5. The van der Waals surface area contributed by atoms with E-state index in [-0.39, 0.29) is 6.61 Å². The number of benzene rings is 2. The molecule has 0 atom stereocenters. The highest BCUT2D eigenvalue weighted by molar-refractivity contribution is 5.84. The summed E-state index contributed by atoms with van der Waals surface area (Å²) in [5.41, 5.74) is 4.11. The van der Waals surface area contributed by atoms with Crippen LogP contribution < -0.4 is 5.32 Å². The molecule has 1 amide bonds. The van der Waals surface area contributed by atoms with Gasteiger partial charge in [0.1, 0.15) is 6.61 Å². The van der Waals surface area contributed by atoms with Crippen molar-refractivity contribution in [2.75, 3.05) is 5.32 Å². The highest BCUT2D eigenvalue weighted by atomic mass is 16.5. The van der Waals surface area contributed by atoms with E-state index in [2.05, 4.69) is 31.3 Å². The molecule has 0 aliphatic heterocycles. The molecule has 0 aliphatic rings. The molecule has 2 aromatic carbocycles. The summed E-state index contributed by atoms with van der Waals surface area (Å²) in [6.45, 7) is 6.56. The molecule has 1 N–H and O–H groups in total. The van der Waals surface area contributed by atoms with E-state index in [1.165, 1.54) is 5.56 Å². The molecular weight excluding hydrogens is 262 g/mol. The second-order valence-corrected chi connectivity index (χ2v) is 5.47. The van der Waals surface area contributed by atoms with Gasteiger partial charge in [0, 0.05) is 5.69 Å². The SMILES string of the molecule is Cc1cccc(NC(=O)OCc2ccc(C(C)C)cc2)c1. The molecule has 0 radical (unpaired) electrons. The number of hydrogen-bond acceptors (Lipinski definition) is 2. The van der Waals surface area contributed by atoms with Crippen LogP contribution in [0.1, 0.15) is 36.5 Å². The van der Waals surface area contributed by atoms with Crippen LogP contribution in [0.25, 0.3) is 0 Å². The smallest absolute Gasteiger partial charge is 0.411 e. The molecule has 3 heteroatoms. The third kappa shape index (κ3) is 4.63. The van der Waals surface area contributed by atoms with E-state index in [4.69, 9.17) is 4.74 Å². The third-order valence-electron chi connectivity index (χ3n) is 3.28. The van der Waals surface area contributed by atoms with Gasteiger partial charge in [-0.3, -0.25) is 5.32 Å². The summed E-state index contributed by atoms with van der Waals surface area (Å²) in [5, 5.41) is 2.72. The van der Waals surface area contributed by atoms with Crippen molar-refractivity contribution >= 4 is 11.8 Å². The average molecular weight is 283 g/mol. The molecule has 0 unspecified atom stereocenters. The van der Waals surface area contributed by atoms with Crippen molar-refractivity contribution in [1.29, 1.82) is 0 Å². The number of carbonyl (C=O) groups is 1. The Morgan fingerprint density at radius 1 is 1.14 bits per heavy atom. The van der Waals surface area contributed by atoms with E-state index in [9.17, 15) is 4.79 Å². The van der Waals surface area contributed by atoms with E-state index < -0.39 is 6.09 Å². The molecule has 21 heavy (non-hydrogen) atoms. The number of carbonyl (C=O) groups excluding carboxylic acids is 1. The average Bonchev–Trinajstić information content (AvgIpc) is 2.45. The van der Waals surface area contributed by atoms with Gasteiger partial charge in [0.2, 0.25) is 0 Å². The lowest BCUT2D eigenvalue weighted by atomic mass is 10.0. The second-order valence-electron chi connectivity index (χ2n) is 5.47. The first-order chi connectivity index (χ1) is 10.0. The molecule has 3 nitrogen and oxygen atoms in total. The summed E-state index contributed by atoms with van der Waals surface area (Å²) >= 11 is 0. The van der Waals surface area contributed by atoms with Crippen LogP contribution in [0.5, 0.6) is 0 Å². The molecule has 110 valence electrons. The Hall–Kier alpha value is -2.29. The van der Waals surface area contributed by atoms with Crippen molar-refractivity contribution in [3.63, 3.8) is 0 Å². The van der Waals surface area contributed by atoms with Crippen molar-refractivity contribution in [3.8, 4) is 0 Å². The molecule has 0 saturated heterocycles. The van der Waals surface area contributed by atoms with Crippen LogP contribution in [-0.2, 0) is 11.3 Å². The first-order valence-electron chi connectivity index (χ1n) is 7.14. The van der Waals surface area contributed by atoms with E-state index in [1.807, 2.05) is 43.3 Å². The minimum Gasteiger partial charge on any atom is -0.444 e. The largest absolute Gasteiger partial charge is 0.444 e. The highest BCUT2D eigenvalue weighted by Crippen LogP contribution is 2.15. The van der Waals surface area contributed by atoms with Gasteiger partial charge in [-0.2, -0.15) is 0 Å². The van der Waals surface area contributed by atoms with Gasteiger partial charge in [-0.15, -0.1) is 0 Å². The fourth-order valence-corrected chi connectivity index (χ4v) is 2.02. The molecule has 0 aromatic heterocycles.